The third-order valence-corrected chi connectivity index (χ3v) is 3.81. The van der Waals surface area contributed by atoms with Crippen LogP contribution >= 0.6 is 15.9 Å². The van der Waals surface area contributed by atoms with Crippen LogP contribution in [0.25, 0.3) is 0 Å². The number of halogens is 2. The quantitative estimate of drug-likeness (QED) is 0.837. The molecule has 2 rings (SSSR count). The Bertz CT molecular complexity index is 590. The summed E-state index contributed by atoms with van der Waals surface area (Å²) in [5.74, 6) is -0.188. The molecule has 0 aromatic heterocycles. The summed E-state index contributed by atoms with van der Waals surface area (Å²) in [6, 6.07) is 11.4. The van der Waals surface area contributed by atoms with Crippen LogP contribution in [-0.4, -0.2) is 6.54 Å². The van der Waals surface area contributed by atoms with Crippen LogP contribution in [0.3, 0.4) is 0 Å². The first-order valence-electron chi connectivity index (χ1n) is 6.77. The van der Waals surface area contributed by atoms with Crippen molar-refractivity contribution in [3.8, 4) is 0 Å². The van der Waals surface area contributed by atoms with E-state index >= 15 is 0 Å². The van der Waals surface area contributed by atoms with Crippen molar-refractivity contribution < 1.29 is 4.39 Å². The molecule has 0 spiro atoms. The molecule has 0 amide bonds. The smallest absolute Gasteiger partial charge is 0.123 e. The molecule has 0 aliphatic carbocycles. The second-order valence-electron chi connectivity index (χ2n) is 5.05. The van der Waals surface area contributed by atoms with E-state index in [1.165, 1.54) is 17.2 Å². The van der Waals surface area contributed by atoms with Crippen LogP contribution in [0.15, 0.2) is 40.9 Å². The van der Waals surface area contributed by atoms with Gasteiger partial charge in [0.1, 0.15) is 5.82 Å². The van der Waals surface area contributed by atoms with Gasteiger partial charge >= 0.3 is 0 Å². The summed E-state index contributed by atoms with van der Waals surface area (Å²) in [6.45, 7) is 6.96. The number of benzene rings is 2. The predicted octanol–water partition coefficient (Wildman–Crippen LogP) is 4.90. The highest BCUT2D eigenvalue weighted by Gasteiger charge is 2.16. The Kier molecular flexibility index (Phi) is 4.95. The fraction of sp³-hybridized carbons (Fsp3) is 0.294. The van der Waals surface area contributed by atoms with Crippen molar-refractivity contribution in [1.29, 1.82) is 0 Å². The topological polar surface area (TPSA) is 12.0 Å². The average molecular weight is 336 g/mol. The zero-order valence-corrected chi connectivity index (χ0v) is 13.6. The summed E-state index contributed by atoms with van der Waals surface area (Å²) in [7, 11) is 0. The number of hydrogen-bond donors (Lipinski definition) is 1. The normalized spacial score (nSPS) is 12.4. The summed E-state index contributed by atoms with van der Waals surface area (Å²) in [5.41, 5.74) is 4.48. The van der Waals surface area contributed by atoms with Crippen LogP contribution in [0.4, 0.5) is 4.39 Å². The highest BCUT2D eigenvalue weighted by atomic mass is 79.9. The molecule has 0 aliphatic heterocycles. The Morgan fingerprint density at radius 2 is 1.90 bits per heavy atom. The highest BCUT2D eigenvalue weighted by molar-refractivity contribution is 9.10. The van der Waals surface area contributed by atoms with Crippen molar-refractivity contribution in [3.05, 3.63) is 68.9 Å². The molecule has 0 heterocycles. The van der Waals surface area contributed by atoms with E-state index in [1.807, 2.05) is 13.0 Å². The molecule has 3 heteroatoms. The first-order valence-corrected chi connectivity index (χ1v) is 7.57. The molecule has 1 atom stereocenters. The molecule has 106 valence electrons. The fourth-order valence-corrected chi connectivity index (χ4v) is 3.13. The Hall–Kier alpha value is -1.19. The maximum Gasteiger partial charge on any atom is 0.123 e. The van der Waals surface area contributed by atoms with E-state index < -0.39 is 0 Å². The molecule has 0 fully saturated rings. The molecule has 1 unspecified atom stereocenters. The Balaban J connectivity index is 2.49. The highest BCUT2D eigenvalue weighted by Crippen LogP contribution is 2.28. The SMILES string of the molecule is CCNC(c1cc(C)cc(Br)c1)c1ccc(F)cc1C. The number of hydrogen-bond acceptors (Lipinski definition) is 1. The van der Waals surface area contributed by atoms with Crippen molar-refractivity contribution >= 4 is 15.9 Å². The average Bonchev–Trinajstić information content (AvgIpc) is 2.35. The van der Waals surface area contributed by atoms with Gasteiger partial charge in [0, 0.05) is 4.47 Å². The molecule has 0 aliphatic rings. The summed E-state index contributed by atoms with van der Waals surface area (Å²) in [4.78, 5) is 0. The number of rotatable bonds is 4. The fourth-order valence-electron chi connectivity index (χ4n) is 2.51. The van der Waals surface area contributed by atoms with Crippen molar-refractivity contribution in [3.63, 3.8) is 0 Å². The molecule has 1 N–H and O–H groups in total. The van der Waals surface area contributed by atoms with Crippen molar-refractivity contribution in [2.75, 3.05) is 6.54 Å². The lowest BCUT2D eigenvalue weighted by Gasteiger charge is -2.22. The van der Waals surface area contributed by atoms with Crippen molar-refractivity contribution in [2.24, 2.45) is 0 Å². The van der Waals surface area contributed by atoms with Crippen LogP contribution in [0.5, 0.6) is 0 Å². The monoisotopic (exact) mass is 335 g/mol. The van der Waals surface area contributed by atoms with E-state index in [9.17, 15) is 4.39 Å². The predicted molar refractivity (Wildman–Crippen MR) is 85.5 cm³/mol. The van der Waals surface area contributed by atoms with Gasteiger partial charge in [0.05, 0.1) is 6.04 Å². The second-order valence-corrected chi connectivity index (χ2v) is 5.97. The molecule has 0 radical (unpaired) electrons. The molecule has 0 saturated carbocycles. The summed E-state index contributed by atoms with van der Waals surface area (Å²) < 4.78 is 14.4. The molecule has 1 nitrogen and oxygen atoms in total. The second kappa shape index (κ2) is 6.51. The van der Waals surface area contributed by atoms with E-state index in [0.29, 0.717) is 0 Å². The minimum absolute atomic E-state index is 0.0804. The number of nitrogens with one attached hydrogen (secondary N) is 1. The standard InChI is InChI=1S/C17H19BrFN/c1-4-20-17(13-7-11(2)8-14(18)10-13)16-6-5-15(19)9-12(16)3/h5-10,17,20H,4H2,1-3H3. The Labute approximate surface area is 128 Å². The van der Waals surface area contributed by atoms with Crippen molar-refractivity contribution in [2.45, 2.75) is 26.8 Å². The minimum atomic E-state index is -0.188. The first-order chi connectivity index (χ1) is 9.51. The maximum absolute atomic E-state index is 13.3. The summed E-state index contributed by atoms with van der Waals surface area (Å²) >= 11 is 3.55. The summed E-state index contributed by atoms with van der Waals surface area (Å²) in [6.07, 6.45) is 0. The third-order valence-electron chi connectivity index (χ3n) is 3.35. The van der Waals surface area contributed by atoms with Crippen LogP contribution < -0.4 is 5.32 Å². The van der Waals surface area contributed by atoms with E-state index in [-0.39, 0.29) is 11.9 Å². The lowest BCUT2D eigenvalue weighted by atomic mass is 9.94. The maximum atomic E-state index is 13.3. The van der Waals surface area contributed by atoms with Gasteiger partial charge in [0.2, 0.25) is 0 Å². The largest absolute Gasteiger partial charge is 0.307 e. The minimum Gasteiger partial charge on any atom is -0.307 e. The van der Waals surface area contributed by atoms with Gasteiger partial charge in [-0.3, -0.25) is 0 Å². The van der Waals surface area contributed by atoms with E-state index in [4.69, 9.17) is 0 Å². The van der Waals surface area contributed by atoms with Gasteiger partial charge in [0.15, 0.2) is 0 Å². The van der Waals surface area contributed by atoms with Crippen LogP contribution in [0, 0.1) is 19.7 Å². The van der Waals surface area contributed by atoms with Gasteiger partial charge < -0.3 is 5.32 Å². The molecule has 0 bridgehead atoms. The molecular formula is C17H19BrFN. The lowest BCUT2D eigenvalue weighted by molar-refractivity contribution is 0.609. The van der Waals surface area contributed by atoms with Gasteiger partial charge in [-0.25, -0.2) is 4.39 Å². The van der Waals surface area contributed by atoms with Gasteiger partial charge in [-0.05, 0) is 66.9 Å². The van der Waals surface area contributed by atoms with Gasteiger partial charge in [0.25, 0.3) is 0 Å². The Morgan fingerprint density at radius 3 is 2.50 bits per heavy atom. The zero-order chi connectivity index (χ0) is 14.7. The van der Waals surface area contributed by atoms with Gasteiger partial charge in [-0.2, -0.15) is 0 Å². The van der Waals surface area contributed by atoms with Crippen LogP contribution in [0.2, 0.25) is 0 Å². The van der Waals surface area contributed by atoms with Crippen molar-refractivity contribution in [1.82, 2.24) is 5.32 Å². The molecular weight excluding hydrogens is 317 g/mol. The van der Waals surface area contributed by atoms with Crippen LogP contribution in [0.1, 0.15) is 35.2 Å². The van der Waals surface area contributed by atoms with Gasteiger partial charge in [-0.15, -0.1) is 0 Å². The van der Waals surface area contributed by atoms with Crippen LogP contribution in [-0.2, 0) is 0 Å². The molecule has 2 aromatic rings. The van der Waals surface area contributed by atoms with E-state index in [0.717, 1.165) is 22.1 Å². The van der Waals surface area contributed by atoms with E-state index in [1.54, 1.807) is 6.07 Å². The third kappa shape index (κ3) is 3.47. The molecule has 20 heavy (non-hydrogen) atoms. The zero-order valence-electron chi connectivity index (χ0n) is 12.0. The van der Waals surface area contributed by atoms with Gasteiger partial charge in [-0.1, -0.05) is 35.0 Å². The Morgan fingerprint density at radius 1 is 1.15 bits per heavy atom. The van der Waals surface area contributed by atoms with E-state index in [2.05, 4.69) is 53.3 Å². The summed E-state index contributed by atoms with van der Waals surface area (Å²) in [5, 5.41) is 3.49. The number of aryl methyl sites for hydroxylation is 2. The lowest BCUT2D eigenvalue weighted by Crippen LogP contribution is -2.23. The first kappa shape index (κ1) is 15.2. The molecule has 0 saturated heterocycles. The molecule has 2 aromatic carbocycles.